The molecule has 5 heteroatoms. The number of carbonyl (C=O) groups excluding carboxylic acids is 1. The van der Waals surface area contributed by atoms with E-state index in [2.05, 4.69) is 10.6 Å². The summed E-state index contributed by atoms with van der Waals surface area (Å²) in [5.74, 6) is -0.103. The number of methoxy groups -OCH3 is 1. The molecule has 110 valence electrons. The Morgan fingerprint density at radius 1 is 1.45 bits per heavy atom. The van der Waals surface area contributed by atoms with Crippen molar-refractivity contribution in [3.8, 4) is 0 Å². The van der Waals surface area contributed by atoms with Crippen LogP contribution in [-0.4, -0.2) is 33.2 Å². The highest BCUT2D eigenvalue weighted by Gasteiger charge is 2.41. The summed E-state index contributed by atoms with van der Waals surface area (Å²) in [6.45, 7) is 1.63. The number of anilines is 2. The second-order valence-electron chi connectivity index (χ2n) is 5.48. The molecule has 0 heterocycles. The lowest BCUT2D eigenvalue weighted by molar-refractivity contribution is 0.0964. The van der Waals surface area contributed by atoms with Crippen molar-refractivity contribution < 1.29 is 9.53 Å². The Morgan fingerprint density at radius 3 is 2.80 bits per heavy atom. The van der Waals surface area contributed by atoms with E-state index in [-0.39, 0.29) is 5.91 Å². The molecule has 1 fully saturated rings. The highest BCUT2D eigenvalue weighted by Crippen LogP contribution is 2.48. The summed E-state index contributed by atoms with van der Waals surface area (Å²) < 4.78 is 5.16. The minimum Gasteiger partial charge on any atom is -0.399 e. The molecule has 0 aliphatic heterocycles. The van der Waals surface area contributed by atoms with E-state index < -0.39 is 0 Å². The van der Waals surface area contributed by atoms with Crippen LogP contribution in [0.5, 0.6) is 0 Å². The van der Waals surface area contributed by atoms with Gasteiger partial charge in [-0.2, -0.15) is 0 Å². The van der Waals surface area contributed by atoms with Crippen LogP contribution in [0.4, 0.5) is 11.4 Å². The average Bonchev–Trinajstić information content (AvgIpc) is 3.23. The van der Waals surface area contributed by atoms with Crippen LogP contribution >= 0.6 is 0 Å². The van der Waals surface area contributed by atoms with Crippen LogP contribution in [0.15, 0.2) is 18.2 Å². The van der Waals surface area contributed by atoms with Gasteiger partial charge in [0.05, 0.1) is 5.56 Å². The predicted molar refractivity (Wildman–Crippen MR) is 80.9 cm³/mol. The van der Waals surface area contributed by atoms with Gasteiger partial charge in [-0.05, 0) is 42.9 Å². The van der Waals surface area contributed by atoms with Crippen LogP contribution in [0.2, 0.25) is 0 Å². The van der Waals surface area contributed by atoms with Gasteiger partial charge in [0.25, 0.3) is 5.91 Å². The highest BCUT2D eigenvalue weighted by atomic mass is 16.5. The Morgan fingerprint density at radius 2 is 2.20 bits per heavy atom. The van der Waals surface area contributed by atoms with E-state index in [9.17, 15) is 4.79 Å². The van der Waals surface area contributed by atoms with Gasteiger partial charge >= 0.3 is 0 Å². The van der Waals surface area contributed by atoms with E-state index in [4.69, 9.17) is 10.5 Å². The summed E-state index contributed by atoms with van der Waals surface area (Å²) in [6, 6.07) is 5.32. The van der Waals surface area contributed by atoms with Gasteiger partial charge in [-0.15, -0.1) is 0 Å². The van der Waals surface area contributed by atoms with Gasteiger partial charge in [0, 0.05) is 38.7 Å². The third-order valence-electron chi connectivity index (χ3n) is 3.96. The van der Waals surface area contributed by atoms with E-state index in [1.54, 1.807) is 26.3 Å². The lowest BCUT2D eigenvalue weighted by Crippen LogP contribution is -2.22. The number of nitrogens with two attached hydrogens (primary N) is 1. The Hall–Kier alpha value is -1.75. The van der Waals surface area contributed by atoms with Crippen molar-refractivity contribution in [1.29, 1.82) is 0 Å². The van der Waals surface area contributed by atoms with Crippen LogP contribution in [0, 0.1) is 5.41 Å². The molecule has 0 aromatic heterocycles. The van der Waals surface area contributed by atoms with Gasteiger partial charge in [0.1, 0.15) is 0 Å². The number of nitrogens with one attached hydrogen (secondary N) is 2. The molecule has 0 spiro atoms. The molecule has 1 aromatic rings. The molecule has 0 radical (unpaired) electrons. The number of hydrogen-bond donors (Lipinski definition) is 3. The van der Waals surface area contributed by atoms with Crippen molar-refractivity contribution >= 4 is 17.3 Å². The zero-order valence-electron chi connectivity index (χ0n) is 12.2. The molecule has 5 nitrogen and oxygen atoms in total. The maximum absolute atomic E-state index is 11.8. The minimum absolute atomic E-state index is 0.103. The second-order valence-corrected chi connectivity index (χ2v) is 5.48. The number of ether oxygens (including phenoxy) is 1. The van der Waals surface area contributed by atoms with Crippen molar-refractivity contribution in [3.63, 3.8) is 0 Å². The van der Waals surface area contributed by atoms with Crippen molar-refractivity contribution in [1.82, 2.24) is 5.32 Å². The van der Waals surface area contributed by atoms with E-state index in [0.717, 1.165) is 25.3 Å². The zero-order chi connectivity index (χ0) is 14.6. The van der Waals surface area contributed by atoms with Crippen molar-refractivity contribution in [2.24, 2.45) is 5.41 Å². The van der Waals surface area contributed by atoms with Crippen LogP contribution < -0.4 is 16.4 Å². The van der Waals surface area contributed by atoms with E-state index in [1.165, 1.54) is 12.8 Å². The summed E-state index contributed by atoms with van der Waals surface area (Å²) in [4.78, 5) is 11.8. The first-order valence-corrected chi connectivity index (χ1v) is 6.95. The molecular weight excluding hydrogens is 254 g/mol. The fourth-order valence-corrected chi connectivity index (χ4v) is 2.33. The molecule has 0 unspecified atom stereocenters. The smallest absolute Gasteiger partial charge is 0.253 e. The number of rotatable bonds is 7. The summed E-state index contributed by atoms with van der Waals surface area (Å²) in [5, 5.41) is 6.03. The minimum atomic E-state index is -0.103. The monoisotopic (exact) mass is 277 g/mol. The van der Waals surface area contributed by atoms with Crippen molar-refractivity contribution in [2.75, 3.05) is 38.4 Å². The van der Waals surface area contributed by atoms with Gasteiger partial charge in [-0.3, -0.25) is 4.79 Å². The molecule has 0 atom stereocenters. The van der Waals surface area contributed by atoms with Crippen LogP contribution in [0.3, 0.4) is 0 Å². The molecule has 0 bridgehead atoms. The van der Waals surface area contributed by atoms with Crippen LogP contribution in [0.25, 0.3) is 0 Å². The van der Waals surface area contributed by atoms with Gasteiger partial charge < -0.3 is 21.1 Å². The second kappa shape index (κ2) is 6.13. The Labute approximate surface area is 119 Å². The molecule has 1 aliphatic carbocycles. The normalized spacial score (nSPS) is 15.7. The molecule has 1 saturated carbocycles. The molecule has 20 heavy (non-hydrogen) atoms. The lowest BCUT2D eigenvalue weighted by atomic mass is 10.0. The number of carbonyl (C=O) groups is 1. The molecule has 0 saturated heterocycles. The molecule has 1 amide bonds. The summed E-state index contributed by atoms with van der Waals surface area (Å²) in [5.41, 5.74) is 8.22. The highest BCUT2D eigenvalue weighted by molar-refractivity contribution is 6.00. The van der Waals surface area contributed by atoms with E-state index in [1.807, 2.05) is 6.07 Å². The average molecular weight is 277 g/mol. The van der Waals surface area contributed by atoms with Gasteiger partial charge in [0.15, 0.2) is 0 Å². The lowest BCUT2D eigenvalue weighted by Gasteiger charge is -2.18. The third kappa shape index (κ3) is 3.42. The van der Waals surface area contributed by atoms with Crippen LogP contribution in [0.1, 0.15) is 29.6 Å². The first-order chi connectivity index (χ1) is 9.60. The molecule has 4 N–H and O–H groups in total. The number of hydrogen-bond acceptors (Lipinski definition) is 4. The van der Waals surface area contributed by atoms with Crippen LogP contribution in [-0.2, 0) is 4.74 Å². The summed E-state index contributed by atoms with van der Waals surface area (Å²) in [6.07, 6.45) is 3.47. The van der Waals surface area contributed by atoms with E-state index >= 15 is 0 Å². The SMILES string of the molecule is CNC(=O)c1ccc(N)cc1NCC1(CCOC)CC1. The Kier molecular flexibility index (Phi) is 4.49. The summed E-state index contributed by atoms with van der Waals surface area (Å²) >= 11 is 0. The molecular formula is C15H23N3O2. The van der Waals surface area contributed by atoms with Gasteiger partial charge in [-0.1, -0.05) is 0 Å². The number of amides is 1. The largest absolute Gasteiger partial charge is 0.399 e. The van der Waals surface area contributed by atoms with Gasteiger partial charge in [-0.25, -0.2) is 0 Å². The van der Waals surface area contributed by atoms with Crippen molar-refractivity contribution in [3.05, 3.63) is 23.8 Å². The number of benzene rings is 1. The Balaban J connectivity index is 2.05. The predicted octanol–water partition coefficient (Wildman–Crippen LogP) is 1.86. The fourth-order valence-electron chi connectivity index (χ4n) is 2.33. The molecule has 2 rings (SSSR count). The maximum Gasteiger partial charge on any atom is 0.253 e. The zero-order valence-corrected chi connectivity index (χ0v) is 12.2. The standard InChI is InChI=1S/C15H23N3O2/c1-17-14(19)12-4-3-11(16)9-13(12)18-10-15(5-6-15)7-8-20-2/h3-4,9,18H,5-8,10,16H2,1-2H3,(H,17,19). The Bertz CT molecular complexity index is 484. The molecule has 1 aliphatic rings. The third-order valence-corrected chi connectivity index (χ3v) is 3.96. The number of nitrogen functional groups attached to an aromatic ring is 1. The van der Waals surface area contributed by atoms with Gasteiger partial charge in [0.2, 0.25) is 0 Å². The topological polar surface area (TPSA) is 76.4 Å². The fraction of sp³-hybridized carbons (Fsp3) is 0.533. The molecule has 1 aromatic carbocycles. The first-order valence-electron chi connectivity index (χ1n) is 6.95. The first kappa shape index (κ1) is 14.7. The maximum atomic E-state index is 11.8. The quantitative estimate of drug-likeness (QED) is 0.665. The van der Waals surface area contributed by atoms with Crippen molar-refractivity contribution in [2.45, 2.75) is 19.3 Å². The van der Waals surface area contributed by atoms with E-state index in [0.29, 0.717) is 16.7 Å². The summed E-state index contributed by atoms with van der Waals surface area (Å²) in [7, 11) is 3.36.